The fourth-order valence-corrected chi connectivity index (χ4v) is 2.75. The summed E-state index contributed by atoms with van der Waals surface area (Å²) < 4.78 is 0. The van der Waals surface area contributed by atoms with E-state index in [0.29, 0.717) is 23.4 Å². The minimum atomic E-state index is 0.324. The second-order valence-corrected chi connectivity index (χ2v) is 5.46. The molecule has 2 unspecified atom stereocenters. The van der Waals surface area contributed by atoms with Gasteiger partial charge in [0, 0.05) is 23.2 Å². The van der Waals surface area contributed by atoms with Gasteiger partial charge < -0.3 is 10.4 Å². The second-order valence-electron chi connectivity index (χ2n) is 5.02. The Kier molecular flexibility index (Phi) is 4.30. The van der Waals surface area contributed by atoms with Crippen molar-refractivity contribution in [3.63, 3.8) is 0 Å². The molecule has 0 radical (unpaired) electrons. The molecule has 0 aliphatic heterocycles. The molecule has 0 amide bonds. The summed E-state index contributed by atoms with van der Waals surface area (Å²) in [7, 11) is 0. The molecule has 0 spiro atoms. The third-order valence-electron chi connectivity index (χ3n) is 3.71. The highest BCUT2D eigenvalue weighted by atomic mass is 35.5. The minimum Gasteiger partial charge on any atom is -0.508 e. The van der Waals surface area contributed by atoms with Crippen LogP contribution in [0.2, 0.25) is 5.02 Å². The maximum atomic E-state index is 9.73. The van der Waals surface area contributed by atoms with E-state index in [4.69, 9.17) is 11.6 Å². The van der Waals surface area contributed by atoms with Crippen molar-refractivity contribution in [3.8, 4) is 5.75 Å². The van der Waals surface area contributed by atoms with Gasteiger partial charge in [-0.25, -0.2) is 0 Å². The first-order chi connectivity index (χ1) is 8.16. The van der Waals surface area contributed by atoms with Crippen LogP contribution in [0.1, 0.15) is 38.2 Å². The van der Waals surface area contributed by atoms with E-state index >= 15 is 0 Å². The molecule has 1 fully saturated rings. The summed E-state index contributed by atoms with van der Waals surface area (Å²) in [5.41, 5.74) is 0.885. The third kappa shape index (κ3) is 3.36. The second kappa shape index (κ2) is 5.74. The van der Waals surface area contributed by atoms with E-state index in [-0.39, 0.29) is 0 Å². The van der Waals surface area contributed by atoms with Crippen molar-refractivity contribution < 1.29 is 5.11 Å². The van der Waals surface area contributed by atoms with Crippen LogP contribution < -0.4 is 5.32 Å². The van der Waals surface area contributed by atoms with Crippen LogP contribution in [0.25, 0.3) is 0 Å². The lowest BCUT2D eigenvalue weighted by molar-refractivity contribution is 0.278. The maximum Gasteiger partial charge on any atom is 0.120 e. The molecule has 0 saturated heterocycles. The van der Waals surface area contributed by atoms with Crippen molar-refractivity contribution in [3.05, 3.63) is 28.8 Å². The van der Waals surface area contributed by atoms with Gasteiger partial charge in [0.25, 0.3) is 0 Å². The summed E-state index contributed by atoms with van der Waals surface area (Å²) in [6.45, 7) is 3.00. The third-order valence-corrected chi connectivity index (χ3v) is 3.94. The molecular weight excluding hydrogens is 234 g/mol. The van der Waals surface area contributed by atoms with Gasteiger partial charge in [0.15, 0.2) is 0 Å². The number of hydrogen-bond donors (Lipinski definition) is 2. The van der Waals surface area contributed by atoms with Crippen LogP contribution in [0.15, 0.2) is 18.2 Å². The van der Waals surface area contributed by atoms with E-state index in [9.17, 15) is 5.11 Å². The molecule has 17 heavy (non-hydrogen) atoms. The Morgan fingerprint density at radius 3 is 2.88 bits per heavy atom. The van der Waals surface area contributed by atoms with Gasteiger partial charge in [-0.3, -0.25) is 0 Å². The number of rotatable bonds is 3. The summed E-state index contributed by atoms with van der Waals surface area (Å²) in [6.07, 6.45) is 5.20. The zero-order chi connectivity index (χ0) is 12.3. The van der Waals surface area contributed by atoms with E-state index in [1.807, 2.05) is 6.07 Å². The average molecular weight is 254 g/mol. The first kappa shape index (κ1) is 12.7. The summed E-state index contributed by atoms with van der Waals surface area (Å²) in [5.74, 6) is 1.05. The lowest BCUT2D eigenvalue weighted by Gasteiger charge is -2.29. The summed E-state index contributed by atoms with van der Waals surface area (Å²) >= 11 is 5.93. The van der Waals surface area contributed by atoms with E-state index < -0.39 is 0 Å². The molecule has 1 aliphatic rings. The number of benzene rings is 1. The molecule has 3 heteroatoms. The Labute approximate surface area is 108 Å². The van der Waals surface area contributed by atoms with Crippen LogP contribution in [0.4, 0.5) is 0 Å². The number of phenols is 1. The smallest absolute Gasteiger partial charge is 0.120 e. The summed E-state index contributed by atoms with van der Waals surface area (Å²) in [6, 6.07) is 5.77. The number of nitrogens with one attached hydrogen (secondary N) is 1. The van der Waals surface area contributed by atoms with Crippen molar-refractivity contribution in [2.24, 2.45) is 5.92 Å². The zero-order valence-corrected chi connectivity index (χ0v) is 11.0. The van der Waals surface area contributed by atoms with Gasteiger partial charge in [-0.1, -0.05) is 31.4 Å². The van der Waals surface area contributed by atoms with Gasteiger partial charge >= 0.3 is 0 Å². The van der Waals surface area contributed by atoms with Crippen molar-refractivity contribution in [1.29, 1.82) is 0 Å². The molecule has 2 N–H and O–H groups in total. The lowest BCUT2D eigenvalue weighted by Crippen LogP contribution is -2.36. The lowest BCUT2D eigenvalue weighted by atomic mass is 9.86. The Balaban J connectivity index is 1.94. The molecule has 0 bridgehead atoms. The van der Waals surface area contributed by atoms with Gasteiger partial charge in [-0.05, 0) is 37.0 Å². The molecule has 1 saturated carbocycles. The predicted octanol–water partition coefficient (Wildman–Crippen LogP) is 3.71. The Morgan fingerprint density at radius 2 is 2.12 bits per heavy atom. The van der Waals surface area contributed by atoms with E-state index in [2.05, 4.69) is 12.2 Å². The molecule has 94 valence electrons. The number of halogens is 1. The van der Waals surface area contributed by atoms with E-state index in [0.717, 1.165) is 11.5 Å². The topological polar surface area (TPSA) is 32.3 Å². The minimum absolute atomic E-state index is 0.324. The van der Waals surface area contributed by atoms with Crippen LogP contribution in [0, 0.1) is 5.92 Å². The molecule has 2 rings (SSSR count). The van der Waals surface area contributed by atoms with E-state index in [1.165, 1.54) is 25.7 Å². The van der Waals surface area contributed by atoms with Crippen LogP contribution in [-0.4, -0.2) is 11.1 Å². The highest BCUT2D eigenvalue weighted by Crippen LogP contribution is 2.25. The van der Waals surface area contributed by atoms with Crippen LogP contribution in [0.5, 0.6) is 5.75 Å². The standard InChI is InChI=1S/C14H20ClNO/c1-10-4-2-3-5-13(10)16-9-11-8-12(15)6-7-14(11)17/h6-8,10,13,16-17H,2-5,9H2,1H3. The Hall–Kier alpha value is -0.730. The summed E-state index contributed by atoms with van der Waals surface area (Å²) in [5, 5.41) is 13.9. The molecule has 0 aromatic heterocycles. The molecule has 1 aliphatic carbocycles. The Bertz CT molecular complexity index is 380. The van der Waals surface area contributed by atoms with Crippen LogP contribution >= 0.6 is 11.6 Å². The first-order valence-electron chi connectivity index (χ1n) is 6.37. The molecule has 1 aromatic rings. The van der Waals surface area contributed by atoms with Crippen molar-refractivity contribution in [2.75, 3.05) is 0 Å². The predicted molar refractivity (Wildman–Crippen MR) is 71.4 cm³/mol. The number of phenolic OH excluding ortho intramolecular Hbond substituents is 1. The zero-order valence-electron chi connectivity index (χ0n) is 10.2. The normalized spacial score (nSPS) is 24.8. The summed E-state index contributed by atoms with van der Waals surface area (Å²) in [4.78, 5) is 0. The fraction of sp³-hybridized carbons (Fsp3) is 0.571. The highest BCUT2D eigenvalue weighted by Gasteiger charge is 2.20. The van der Waals surface area contributed by atoms with Gasteiger partial charge in [-0.15, -0.1) is 0 Å². The van der Waals surface area contributed by atoms with Crippen LogP contribution in [0.3, 0.4) is 0 Å². The van der Waals surface area contributed by atoms with Crippen molar-refractivity contribution >= 4 is 11.6 Å². The number of hydrogen-bond acceptors (Lipinski definition) is 2. The SMILES string of the molecule is CC1CCCCC1NCc1cc(Cl)ccc1O. The largest absolute Gasteiger partial charge is 0.508 e. The average Bonchev–Trinajstić information content (AvgIpc) is 2.32. The Morgan fingerprint density at radius 1 is 1.35 bits per heavy atom. The van der Waals surface area contributed by atoms with Gasteiger partial charge in [0.1, 0.15) is 5.75 Å². The van der Waals surface area contributed by atoms with Gasteiger partial charge in [0.2, 0.25) is 0 Å². The highest BCUT2D eigenvalue weighted by molar-refractivity contribution is 6.30. The van der Waals surface area contributed by atoms with Gasteiger partial charge in [-0.2, -0.15) is 0 Å². The maximum absolute atomic E-state index is 9.73. The monoisotopic (exact) mass is 253 g/mol. The fourth-order valence-electron chi connectivity index (χ4n) is 2.56. The molecule has 0 heterocycles. The quantitative estimate of drug-likeness (QED) is 0.861. The number of aromatic hydroxyl groups is 1. The van der Waals surface area contributed by atoms with Crippen molar-refractivity contribution in [1.82, 2.24) is 5.32 Å². The first-order valence-corrected chi connectivity index (χ1v) is 6.75. The molecular formula is C14H20ClNO. The molecule has 1 aromatic carbocycles. The van der Waals surface area contributed by atoms with Crippen LogP contribution in [-0.2, 0) is 6.54 Å². The van der Waals surface area contributed by atoms with Crippen molar-refractivity contribution in [2.45, 2.75) is 45.2 Å². The van der Waals surface area contributed by atoms with E-state index in [1.54, 1.807) is 12.1 Å². The molecule has 2 atom stereocenters. The molecule has 2 nitrogen and oxygen atoms in total. The van der Waals surface area contributed by atoms with Gasteiger partial charge in [0.05, 0.1) is 0 Å².